The van der Waals surface area contributed by atoms with E-state index in [-0.39, 0.29) is 0 Å². The highest BCUT2D eigenvalue weighted by atomic mass is 28.3. The highest BCUT2D eigenvalue weighted by Gasteiger charge is 2.19. The molecule has 0 saturated carbocycles. The van der Waals surface area contributed by atoms with Crippen molar-refractivity contribution in [2.24, 2.45) is 0 Å². The third-order valence-corrected chi connectivity index (χ3v) is 6.10. The average Bonchev–Trinajstić information content (AvgIpc) is 2.45. The SMILES string of the molecule is Cc1nc(-c2cccc3ccccc23)ccc1[Si](C)(C)C. The van der Waals surface area contributed by atoms with E-state index < -0.39 is 8.07 Å². The van der Waals surface area contributed by atoms with Crippen LogP contribution in [0.2, 0.25) is 19.6 Å². The Labute approximate surface area is 127 Å². The Morgan fingerprint density at radius 3 is 2.24 bits per heavy atom. The zero-order chi connectivity index (χ0) is 15.0. The normalized spacial score (nSPS) is 11.8. The van der Waals surface area contributed by atoms with Crippen LogP contribution in [0.4, 0.5) is 0 Å². The topological polar surface area (TPSA) is 12.9 Å². The quantitative estimate of drug-likeness (QED) is 0.621. The third kappa shape index (κ3) is 2.64. The number of aromatic nitrogens is 1. The van der Waals surface area contributed by atoms with Gasteiger partial charge in [-0.1, -0.05) is 68.2 Å². The Kier molecular flexibility index (Phi) is 3.42. The fourth-order valence-corrected chi connectivity index (χ4v) is 4.68. The van der Waals surface area contributed by atoms with Crippen LogP contribution >= 0.6 is 0 Å². The van der Waals surface area contributed by atoms with Crippen LogP contribution in [0.15, 0.2) is 54.6 Å². The third-order valence-electron chi connectivity index (χ3n) is 3.96. The van der Waals surface area contributed by atoms with E-state index in [0.29, 0.717) is 0 Å². The van der Waals surface area contributed by atoms with E-state index in [0.717, 1.165) is 5.69 Å². The molecule has 3 aromatic rings. The highest BCUT2D eigenvalue weighted by molar-refractivity contribution is 6.89. The van der Waals surface area contributed by atoms with Crippen molar-refractivity contribution in [1.82, 2.24) is 4.98 Å². The summed E-state index contributed by atoms with van der Waals surface area (Å²) < 4.78 is 0. The van der Waals surface area contributed by atoms with Crippen LogP contribution in [-0.2, 0) is 0 Å². The van der Waals surface area contributed by atoms with Gasteiger partial charge in [0.25, 0.3) is 0 Å². The molecule has 0 spiro atoms. The first-order chi connectivity index (χ1) is 9.97. The minimum atomic E-state index is -1.32. The maximum atomic E-state index is 4.89. The molecule has 2 heteroatoms. The summed E-state index contributed by atoms with van der Waals surface area (Å²) in [6.45, 7) is 9.25. The Morgan fingerprint density at radius 1 is 0.810 bits per heavy atom. The highest BCUT2D eigenvalue weighted by Crippen LogP contribution is 2.27. The number of rotatable bonds is 2. The van der Waals surface area contributed by atoms with Crippen LogP contribution in [0, 0.1) is 6.92 Å². The van der Waals surface area contributed by atoms with Gasteiger partial charge in [-0.15, -0.1) is 0 Å². The molecule has 2 aromatic carbocycles. The second-order valence-corrected chi connectivity index (χ2v) is 11.6. The van der Waals surface area contributed by atoms with Gasteiger partial charge in [0.1, 0.15) is 0 Å². The monoisotopic (exact) mass is 291 g/mol. The molecule has 1 heterocycles. The molecule has 0 fully saturated rings. The van der Waals surface area contributed by atoms with Crippen LogP contribution in [0.3, 0.4) is 0 Å². The summed E-state index contributed by atoms with van der Waals surface area (Å²) in [5.74, 6) is 0. The Hall–Kier alpha value is -1.93. The summed E-state index contributed by atoms with van der Waals surface area (Å²) >= 11 is 0. The molecule has 0 radical (unpaired) electrons. The summed E-state index contributed by atoms with van der Waals surface area (Å²) in [4.78, 5) is 4.89. The van der Waals surface area contributed by atoms with Gasteiger partial charge in [0.2, 0.25) is 0 Å². The van der Waals surface area contributed by atoms with Gasteiger partial charge in [0.05, 0.1) is 13.8 Å². The van der Waals surface area contributed by atoms with Crippen molar-refractivity contribution < 1.29 is 0 Å². The van der Waals surface area contributed by atoms with E-state index in [4.69, 9.17) is 4.98 Å². The lowest BCUT2D eigenvalue weighted by atomic mass is 10.0. The van der Waals surface area contributed by atoms with E-state index >= 15 is 0 Å². The summed E-state index contributed by atoms with van der Waals surface area (Å²) in [6, 6.07) is 19.4. The Morgan fingerprint density at radius 2 is 1.52 bits per heavy atom. The molecule has 1 nitrogen and oxygen atoms in total. The van der Waals surface area contributed by atoms with Gasteiger partial charge in [-0.25, -0.2) is 0 Å². The van der Waals surface area contributed by atoms with Gasteiger partial charge < -0.3 is 0 Å². The van der Waals surface area contributed by atoms with Crippen molar-refractivity contribution in [3.63, 3.8) is 0 Å². The molecule has 0 saturated heterocycles. The molecule has 0 aliphatic carbocycles. The molecule has 0 aliphatic heterocycles. The Bertz CT molecular complexity index is 795. The van der Waals surface area contributed by atoms with Gasteiger partial charge in [0.15, 0.2) is 0 Å². The second-order valence-electron chi connectivity index (χ2n) is 6.61. The summed E-state index contributed by atoms with van der Waals surface area (Å²) in [5.41, 5.74) is 3.48. The standard InChI is InChI=1S/C19H21NSi/c1-14-19(21(2,3)4)13-12-18(20-14)17-11-7-9-15-8-5-6-10-16(15)17/h5-13H,1-4H3. The summed E-state index contributed by atoms with van der Waals surface area (Å²) in [7, 11) is -1.32. The number of nitrogens with zero attached hydrogens (tertiary/aromatic N) is 1. The maximum Gasteiger partial charge on any atom is 0.0799 e. The molecule has 0 aliphatic rings. The van der Waals surface area contributed by atoms with Crippen LogP contribution in [0.1, 0.15) is 5.69 Å². The van der Waals surface area contributed by atoms with E-state index in [1.165, 1.54) is 27.2 Å². The van der Waals surface area contributed by atoms with Crippen molar-refractivity contribution in [1.29, 1.82) is 0 Å². The lowest BCUT2D eigenvalue weighted by Crippen LogP contribution is -2.39. The van der Waals surface area contributed by atoms with E-state index in [1.807, 2.05) is 0 Å². The fraction of sp³-hybridized carbons (Fsp3) is 0.211. The predicted octanol–water partition coefficient (Wildman–Crippen LogP) is 4.76. The van der Waals surface area contributed by atoms with Crippen molar-refractivity contribution >= 4 is 24.0 Å². The molecule has 21 heavy (non-hydrogen) atoms. The largest absolute Gasteiger partial charge is 0.253 e. The van der Waals surface area contributed by atoms with Gasteiger partial charge in [-0.3, -0.25) is 4.98 Å². The first kappa shape index (κ1) is 14.0. The summed E-state index contributed by atoms with van der Waals surface area (Å²) in [6.07, 6.45) is 0. The van der Waals surface area contributed by atoms with E-state index in [2.05, 4.69) is 81.2 Å². The van der Waals surface area contributed by atoms with Gasteiger partial charge in [0, 0.05) is 11.3 Å². The molecule has 106 valence electrons. The van der Waals surface area contributed by atoms with Crippen molar-refractivity contribution in [3.8, 4) is 11.3 Å². The zero-order valence-electron chi connectivity index (χ0n) is 13.1. The van der Waals surface area contributed by atoms with Crippen LogP contribution in [0.25, 0.3) is 22.0 Å². The number of hydrogen-bond donors (Lipinski definition) is 0. The molecule has 0 N–H and O–H groups in total. The smallest absolute Gasteiger partial charge is 0.0799 e. The van der Waals surface area contributed by atoms with Gasteiger partial charge >= 0.3 is 0 Å². The lowest BCUT2D eigenvalue weighted by Gasteiger charge is -2.19. The second kappa shape index (κ2) is 5.12. The van der Waals surface area contributed by atoms with Crippen molar-refractivity contribution in [3.05, 3.63) is 60.3 Å². The average molecular weight is 291 g/mol. The van der Waals surface area contributed by atoms with Crippen molar-refractivity contribution in [2.45, 2.75) is 26.6 Å². The molecule has 0 unspecified atom stereocenters. The van der Waals surface area contributed by atoms with Crippen molar-refractivity contribution in [2.75, 3.05) is 0 Å². The van der Waals surface area contributed by atoms with Gasteiger partial charge in [-0.05, 0) is 28.9 Å². The zero-order valence-corrected chi connectivity index (χ0v) is 14.1. The number of aryl methyl sites for hydroxylation is 1. The first-order valence-electron chi connectivity index (χ1n) is 7.43. The van der Waals surface area contributed by atoms with Crippen LogP contribution in [0.5, 0.6) is 0 Å². The molecule has 3 rings (SSSR count). The molecular formula is C19H21NSi. The molecule has 0 atom stereocenters. The number of benzene rings is 2. The molecule has 0 bridgehead atoms. The van der Waals surface area contributed by atoms with Crippen LogP contribution < -0.4 is 5.19 Å². The fourth-order valence-electron chi connectivity index (χ4n) is 2.95. The van der Waals surface area contributed by atoms with Gasteiger partial charge in [-0.2, -0.15) is 0 Å². The lowest BCUT2D eigenvalue weighted by molar-refractivity contribution is 1.22. The Balaban J connectivity index is 2.18. The molecular weight excluding hydrogens is 270 g/mol. The molecule has 1 aromatic heterocycles. The number of fused-ring (bicyclic) bond motifs is 1. The van der Waals surface area contributed by atoms with Crippen LogP contribution in [-0.4, -0.2) is 13.1 Å². The number of hydrogen-bond acceptors (Lipinski definition) is 1. The first-order valence-corrected chi connectivity index (χ1v) is 10.9. The minimum Gasteiger partial charge on any atom is -0.253 e. The predicted molar refractivity (Wildman–Crippen MR) is 94.9 cm³/mol. The maximum absolute atomic E-state index is 4.89. The summed E-state index contributed by atoms with van der Waals surface area (Å²) in [5, 5.41) is 3.99. The molecule has 0 amide bonds. The van der Waals surface area contributed by atoms with E-state index in [9.17, 15) is 0 Å². The minimum absolute atomic E-state index is 1.08. The number of pyridine rings is 1. The van der Waals surface area contributed by atoms with E-state index in [1.54, 1.807) is 0 Å².